The molecule has 0 radical (unpaired) electrons. The predicted molar refractivity (Wildman–Crippen MR) is 63.3 cm³/mol. The van der Waals surface area contributed by atoms with Gasteiger partial charge in [-0.1, -0.05) is 6.07 Å². The second kappa shape index (κ2) is 4.63. The van der Waals surface area contributed by atoms with Crippen LogP contribution in [0, 0.1) is 5.82 Å². The second-order valence-corrected chi connectivity index (χ2v) is 4.17. The van der Waals surface area contributed by atoms with Gasteiger partial charge in [-0.15, -0.1) is 0 Å². The molecule has 0 unspecified atom stereocenters. The van der Waals surface area contributed by atoms with Gasteiger partial charge in [0, 0.05) is 0 Å². The monoisotopic (exact) mass is 237 g/mol. The fraction of sp³-hybridized carbons (Fsp3) is 0.167. The number of benzene rings is 1. The van der Waals surface area contributed by atoms with Crippen molar-refractivity contribution in [2.24, 2.45) is 5.73 Å². The van der Waals surface area contributed by atoms with Crippen LogP contribution in [0.1, 0.15) is 17.2 Å². The van der Waals surface area contributed by atoms with Crippen molar-refractivity contribution in [2.45, 2.75) is 6.04 Å². The van der Waals surface area contributed by atoms with Crippen LogP contribution >= 0.6 is 11.3 Å². The SMILES string of the molecule is COc1cccc(F)c1[C@@H](N)c1ccsc1. The number of methoxy groups -OCH3 is 1. The Morgan fingerprint density at radius 1 is 1.38 bits per heavy atom. The van der Waals surface area contributed by atoms with E-state index in [0.29, 0.717) is 11.3 Å². The minimum atomic E-state index is -0.484. The zero-order chi connectivity index (χ0) is 11.5. The summed E-state index contributed by atoms with van der Waals surface area (Å²) < 4.78 is 18.9. The number of hydrogen-bond acceptors (Lipinski definition) is 3. The maximum atomic E-state index is 13.7. The van der Waals surface area contributed by atoms with Crippen LogP contribution in [0.3, 0.4) is 0 Å². The summed E-state index contributed by atoms with van der Waals surface area (Å²) in [5.74, 6) is 0.150. The van der Waals surface area contributed by atoms with Crippen molar-refractivity contribution in [3.63, 3.8) is 0 Å². The first-order valence-electron chi connectivity index (χ1n) is 4.84. The van der Waals surface area contributed by atoms with Gasteiger partial charge in [0.2, 0.25) is 0 Å². The van der Waals surface area contributed by atoms with Crippen LogP contribution in [0.5, 0.6) is 5.75 Å². The summed E-state index contributed by atoms with van der Waals surface area (Å²) in [5.41, 5.74) is 7.33. The summed E-state index contributed by atoms with van der Waals surface area (Å²) in [4.78, 5) is 0. The topological polar surface area (TPSA) is 35.2 Å². The third-order valence-corrected chi connectivity index (χ3v) is 3.15. The molecule has 84 valence electrons. The van der Waals surface area contributed by atoms with E-state index in [9.17, 15) is 4.39 Å². The van der Waals surface area contributed by atoms with Crippen molar-refractivity contribution < 1.29 is 9.13 Å². The van der Waals surface area contributed by atoms with Crippen LogP contribution in [-0.2, 0) is 0 Å². The first-order chi connectivity index (χ1) is 7.74. The first-order valence-corrected chi connectivity index (χ1v) is 5.78. The van der Waals surface area contributed by atoms with Crippen molar-refractivity contribution >= 4 is 11.3 Å². The molecular weight excluding hydrogens is 225 g/mol. The Bertz CT molecular complexity index is 470. The van der Waals surface area contributed by atoms with Gasteiger partial charge >= 0.3 is 0 Å². The largest absolute Gasteiger partial charge is 0.496 e. The average molecular weight is 237 g/mol. The van der Waals surface area contributed by atoms with E-state index in [0.717, 1.165) is 5.56 Å². The van der Waals surface area contributed by atoms with E-state index in [4.69, 9.17) is 10.5 Å². The van der Waals surface area contributed by atoms with Crippen LogP contribution in [0.15, 0.2) is 35.0 Å². The van der Waals surface area contributed by atoms with Gasteiger partial charge in [-0.3, -0.25) is 0 Å². The molecule has 0 aliphatic carbocycles. The normalized spacial score (nSPS) is 12.4. The fourth-order valence-corrected chi connectivity index (χ4v) is 2.31. The van der Waals surface area contributed by atoms with Gasteiger partial charge in [-0.2, -0.15) is 11.3 Å². The minimum Gasteiger partial charge on any atom is -0.496 e. The predicted octanol–water partition coefficient (Wildman–Crippen LogP) is 2.94. The average Bonchev–Trinajstić information content (AvgIpc) is 2.81. The van der Waals surface area contributed by atoms with E-state index in [1.807, 2.05) is 16.8 Å². The van der Waals surface area contributed by atoms with E-state index in [-0.39, 0.29) is 5.82 Å². The highest BCUT2D eigenvalue weighted by molar-refractivity contribution is 7.08. The summed E-state index contributed by atoms with van der Waals surface area (Å²) in [7, 11) is 1.51. The lowest BCUT2D eigenvalue weighted by molar-refractivity contribution is 0.402. The molecule has 1 aromatic heterocycles. The molecule has 0 fully saturated rings. The molecule has 4 heteroatoms. The van der Waals surface area contributed by atoms with Gasteiger partial charge in [0.1, 0.15) is 11.6 Å². The third-order valence-electron chi connectivity index (χ3n) is 2.45. The summed E-state index contributed by atoms with van der Waals surface area (Å²) in [6.45, 7) is 0. The van der Waals surface area contributed by atoms with E-state index < -0.39 is 6.04 Å². The van der Waals surface area contributed by atoms with Crippen LogP contribution in [0.2, 0.25) is 0 Å². The zero-order valence-electron chi connectivity index (χ0n) is 8.81. The Labute approximate surface area is 97.5 Å². The van der Waals surface area contributed by atoms with Gasteiger partial charge in [0.15, 0.2) is 0 Å². The van der Waals surface area contributed by atoms with Crippen molar-refractivity contribution in [3.05, 3.63) is 52.0 Å². The smallest absolute Gasteiger partial charge is 0.132 e. The highest BCUT2D eigenvalue weighted by Gasteiger charge is 2.18. The molecule has 2 rings (SSSR count). The number of ether oxygens (including phenoxy) is 1. The lowest BCUT2D eigenvalue weighted by atomic mass is 10.0. The Morgan fingerprint density at radius 3 is 2.81 bits per heavy atom. The number of thiophene rings is 1. The van der Waals surface area contributed by atoms with Crippen molar-refractivity contribution in [1.29, 1.82) is 0 Å². The van der Waals surface area contributed by atoms with E-state index in [1.165, 1.54) is 24.5 Å². The van der Waals surface area contributed by atoms with E-state index in [2.05, 4.69) is 0 Å². The molecule has 0 amide bonds. The molecule has 0 bridgehead atoms. The zero-order valence-corrected chi connectivity index (χ0v) is 9.63. The maximum Gasteiger partial charge on any atom is 0.132 e. The minimum absolute atomic E-state index is 0.335. The molecule has 1 aromatic carbocycles. The Kier molecular flexibility index (Phi) is 3.22. The highest BCUT2D eigenvalue weighted by atomic mass is 32.1. The highest BCUT2D eigenvalue weighted by Crippen LogP contribution is 2.31. The first kappa shape index (κ1) is 11.1. The maximum absolute atomic E-state index is 13.7. The quantitative estimate of drug-likeness (QED) is 0.890. The van der Waals surface area contributed by atoms with Gasteiger partial charge in [-0.05, 0) is 34.5 Å². The fourth-order valence-electron chi connectivity index (χ4n) is 1.62. The van der Waals surface area contributed by atoms with Gasteiger partial charge in [0.05, 0.1) is 18.7 Å². The molecule has 2 nitrogen and oxygen atoms in total. The van der Waals surface area contributed by atoms with Crippen molar-refractivity contribution in [1.82, 2.24) is 0 Å². The number of rotatable bonds is 3. The Hall–Kier alpha value is -1.39. The summed E-state index contributed by atoms with van der Waals surface area (Å²) >= 11 is 1.54. The Morgan fingerprint density at radius 2 is 2.19 bits per heavy atom. The summed E-state index contributed by atoms with van der Waals surface area (Å²) in [6.07, 6.45) is 0. The molecule has 1 atom stereocenters. The molecule has 0 aliphatic heterocycles. The molecular formula is C12H12FNOS. The van der Waals surface area contributed by atoms with Crippen LogP contribution in [-0.4, -0.2) is 7.11 Å². The van der Waals surface area contributed by atoms with Crippen LogP contribution in [0.4, 0.5) is 4.39 Å². The van der Waals surface area contributed by atoms with Gasteiger partial charge in [-0.25, -0.2) is 4.39 Å². The van der Waals surface area contributed by atoms with Gasteiger partial charge < -0.3 is 10.5 Å². The molecule has 2 N–H and O–H groups in total. The lowest BCUT2D eigenvalue weighted by Gasteiger charge is -2.15. The van der Waals surface area contributed by atoms with Crippen LogP contribution < -0.4 is 10.5 Å². The number of hydrogen-bond donors (Lipinski definition) is 1. The number of halogens is 1. The molecule has 16 heavy (non-hydrogen) atoms. The molecule has 1 heterocycles. The summed E-state index contributed by atoms with van der Waals surface area (Å²) in [5, 5.41) is 3.83. The number of nitrogens with two attached hydrogens (primary N) is 1. The standard InChI is InChI=1S/C12H12FNOS/c1-15-10-4-2-3-9(13)11(10)12(14)8-5-6-16-7-8/h2-7,12H,14H2,1H3/t12-/m0/s1. The Balaban J connectivity index is 2.47. The van der Waals surface area contributed by atoms with E-state index >= 15 is 0 Å². The molecule has 0 saturated heterocycles. The van der Waals surface area contributed by atoms with Crippen molar-refractivity contribution in [3.8, 4) is 5.75 Å². The van der Waals surface area contributed by atoms with Gasteiger partial charge in [0.25, 0.3) is 0 Å². The van der Waals surface area contributed by atoms with Crippen molar-refractivity contribution in [2.75, 3.05) is 7.11 Å². The molecule has 0 aliphatic rings. The molecule has 0 saturated carbocycles. The lowest BCUT2D eigenvalue weighted by Crippen LogP contribution is -2.14. The second-order valence-electron chi connectivity index (χ2n) is 3.39. The molecule has 2 aromatic rings. The summed E-state index contributed by atoms with van der Waals surface area (Å²) in [6, 6.07) is 6.12. The van der Waals surface area contributed by atoms with Crippen LogP contribution in [0.25, 0.3) is 0 Å². The van der Waals surface area contributed by atoms with E-state index in [1.54, 1.807) is 12.1 Å². The third kappa shape index (κ3) is 1.94. The molecule has 0 spiro atoms.